The van der Waals surface area contributed by atoms with Gasteiger partial charge in [0, 0.05) is 0 Å². The Hall–Kier alpha value is -5.34. The minimum Gasteiger partial charge on any atom is -0.490 e. The van der Waals surface area contributed by atoms with E-state index in [1.165, 1.54) is 35.4 Å². The predicted molar refractivity (Wildman–Crippen MR) is 222 cm³/mol. The van der Waals surface area contributed by atoms with Gasteiger partial charge >= 0.3 is 0 Å². The molecule has 0 bridgehead atoms. The number of hydrogen-bond acceptors (Lipinski definition) is 10. The maximum Gasteiger partial charge on any atom is 0.297 e. The lowest BCUT2D eigenvalue weighted by atomic mass is 10.2. The molecule has 0 fully saturated rings. The molecular weight excluding hydrogens is 765 g/mol. The summed E-state index contributed by atoms with van der Waals surface area (Å²) in [5, 5.41) is 0. The highest BCUT2D eigenvalue weighted by molar-refractivity contribution is 7.87. The van der Waals surface area contributed by atoms with Crippen LogP contribution in [0.15, 0.2) is 192 Å². The molecule has 10 nitrogen and oxygen atoms in total. The van der Waals surface area contributed by atoms with Gasteiger partial charge in [0.15, 0.2) is 0 Å². The van der Waals surface area contributed by atoms with Crippen LogP contribution in [0, 0.1) is 0 Å². The lowest BCUT2D eigenvalue weighted by Gasteiger charge is -2.07. The summed E-state index contributed by atoms with van der Waals surface area (Å²) in [6.45, 7) is 2.86. The molecule has 0 heterocycles. The van der Waals surface area contributed by atoms with E-state index in [2.05, 4.69) is 24.3 Å². The van der Waals surface area contributed by atoms with Crippen LogP contribution >= 0.6 is 0 Å². The Labute approximate surface area is 337 Å². The summed E-state index contributed by atoms with van der Waals surface area (Å²) in [5.41, 5.74) is 2.39. The highest BCUT2D eigenvalue weighted by Crippen LogP contribution is 2.14. The van der Waals surface area contributed by atoms with Crippen molar-refractivity contribution in [2.45, 2.75) is 30.4 Å². The Balaban J connectivity index is 0.000000230. The maximum absolute atomic E-state index is 11.8. The van der Waals surface area contributed by atoms with E-state index in [4.69, 9.17) is 27.3 Å². The van der Waals surface area contributed by atoms with E-state index < -0.39 is 33.5 Å². The van der Waals surface area contributed by atoms with Crippen LogP contribution in [-0.2, 0) is 51.3 Å². The number of para-hydroxylation sites is 2. The predicted octanol–water partition coefficient (Wildman–Crippen LogP) is 9.00. The zero-order chi connectivity index (χ0) is 39.6. The Bertz CT molecular complexity index is 1950. The van der Waals surface area contributed by atoms with E-state index in [-0.39, 0.29) is 17.2 Å². The van der Waals surface area contributed by atoms with Crippen LogP contribution < -0.4 is 9.47 Å². The summed E-state index contributed by atoms with van der Waals surface area (Å²) in [4.78, 5) is 0.00170. The van der Waals surface area contributed by atoms with Crippen LogP contribution in [0.1, 0.15) is 18.6 Å². The van der Waals surface area contributed by atoms with Crippen molar-refractivity contribution in [1.29, 1.82) is 0 Å². The highest BCUT2D eigenvalue weighted by Gasteiger charge is 2.17. The summed E-state index contributed by atoms with van der Waals surface area (Å²) in [7, 11) is -7.83. The molecule has 6 rings (SSSR count). The smallest absolute Gasteiger partial charge is 0.297 e. The molecule has 302 valence electrons. The normalized spacial score (nSPS) is 10.7. The second-order valence-corrected chi connectivity index (χ2v) is 14.8. The third-order valence-electron chi connectivity index (χ3n) is 7.33. The first-order chi connectivity index (χ1) is 27.3. The maximum atomic E-state index is 11.8. The lowest BCUT2D eigenvalue weighted by molar-refractivity contribution is 0.0339. The highest BCUT2D eigenvalue weighted by atomic mass is 32.2. The number of ether oxygens (including phenoxy) is 4. The van der Waals surface area contributed by atoms with Gasteiger partial charge in [-0.1, -0.05) is 141 Å². The topological polar surface area (TPSA) is 124 Å². The minimum absolute atomic E-state index is 0. The lowest BCUT2D eigenvalue weighted by Crippen LogP contribution is -2.15. The van der Waals surface area contributed by atoms with Crippen molar-refractivity contribution in [3.05, 3.63) is 193 Å². The second kappa shape index (κ2) is 26.5. The first kappa shape index (κ1) is 46.0. The summed E-state index contributed by atoms with van der Waals surface area (Å²) >= 11 is 0. The molecule has 0 saturated heterocycles. The standard InChI is InChI=1S/C16H18O2.C14H14O6S2.C14H14O2.CH4/c1-3-7-15(8-4-1)13-17-11-12-18-14-16-9-5-2-6-10-16;15-21(16,13-7-3-1-4-8-13)19-11-12-20-22(17,18)14-9-5-2-6-10-14;1-3-7-13(8-4-1)15-11-12-16-14-9-5-2-6-10-14;/h1-10H,11-14H2;1-10H,11-12H2;1-10H,11-12H2;1H4. The largest absolute Gasteiger partial charge is 0.490 e. The van der Waals surface area contributed by atoms with Crippen molar-refractivity contribution >= 4 is 20.2 Å². The second-order valence-electron chi connectivity index (χ2n) is 11.6. The number of hydrogen-bond donors (Lipinski definition) is 0. The number of benzene rings is 6. The van der Waals surface area contributed by atoms with Crippen LogP contribution in [0.2, 0.25) is 0 Å². The first-order valence-electron chi connectivity index (χ1n) is 17.8. The Kier molecular flexibility index (Phi) is 21.4. The van der Waals surface area contributed by atoms with E-state index in [1.54, 1.807) is 36.4 Å². The molecule has 0 atom stereocenters. The molecule has 0 aliphatic rings. The van der Waals surface area contributed by atoms with Gasteiger partial charge in [0.2, 0.25) is 0 Å². The van der Waals surface area contributed by atoms with E-state index in [0.29, 0.717) is 39.6 Å². The molecule has 6 aromatic carbocycles. The molecular formula is C45H50O10S2. The van der Waals surface area contributed by atoms with E-state index >= 15 is 0 Å². The fraction of sp³-hybridized carbons (Fsp3) is 0.200. The summed E-state index contributed by atoms with van der Waals surface area (Å²) in [6, 6.07) is 54.9. The van der Waals surface area contributed by atoms with Crippen molar-refractivity contribution in [1.82, 2.24) is 0 Å². The van der Waals surface area contributed by atoms with Gasteiger partial charge in [-0.15, -0.1) is 0 Å². The molecule has 0 spiro atoms. The SMILES string of the molecule is C.O=S(=O)(OCCOS(=O)(=O)c1ccccc1)c1ccccc1.c1ccc(COCCOCc2ccccc2)cc1.c1ccc(OCCOc2ccccc2)cc1. The molecule has 0 aromatic heterocycles. The monoisotopic (exact) mass is 814 g/mol. The summed E-state index contributed by atoms with van der Waals surface area (Å²) in [6.07, 6.45) is 0. The van der Waals surface area contributed by atoms with Crippen molar-refractivity contribution in [2.24, 2.45) is 0 Å². The molecule has 6 aromatic rings. The van der Waals surface area contributed by atoms with Crippen LogP contribution in [-0.4, -0.2) is 56.5 Å². The van der Waals surface area contributed by atoms with Crippen LogP contribution in [0.25, 0.3) is 0 Å². The van der Waals surface area contributed by atoms with Gasteiger partial charge < -0.3 is 18.9 Å². The van der Waals surface area contributed by atoms with Crippen molar-refractivity contribution in [2.75, 3.05) is 39.6 Å². The Morgan fingerprint density at radius 1 is 0.333 bits per heavy atom. The summed E-state index contributed by atoms with van der Waals surface area (Å²) in [5.74, 6) is 1.75. The third kappa shape index (κ3) is 18.9. The molecule has 0 aliphatic heterocycles. The molecule has 0 saturated carbocycles. The Morgan fingerprint density at radius 2 is 0.614 bits per heavy atom. The molecule has 0 amide bonds. The van der Waals surface area contributed by atoms with Gasteiger partial charge in [-0.3, -0.25) is 8.37 Å². The van der Waals surface area contributed by atoms with Crippen LogP contribution in [0.5, 0.6) is 11.5 Å². The van der Waals surface area contributed by atoms with Gasteiger partial charge in [0.05, 0.1) is 49.4 Å². The van der Waals surface area contributed by atoms with E-state index in [1.807, 2.05) is 97.1 Å². The molecule has 57 heavy (non-hydrogen) atoms. The molecule has 0 unspecified atom stereocenters. The van der Waals surface area contributed by atoms with Crippen LogP contribution in [0.4, 0.5) is 0 Å². The molecule has 0 N–H and O–H groups in total. The van der Waals surface area contributed by atoms with E-state index in [9.17, 15) is 16.8 Å². The van der Waals surface area contributed by atoms with Crippen molar-refractivity contribution in [3.63, 3.8) is 0 Å². The third-order valence-corrected chi connectivity index (χ3v) is 9.98. The van der Waals surface area contributed by atoms with Gasteiger partial charge in [0.1, 0.15) is 24.7 Å². The van der Waals surface area contributed by atoms with Gasteiger partial charge in [-0.25, -0.2) is 0 Å². The quantitative estimate of drug-likeness (QED) is 0.0578. The van der Waals surface area contributed by atoms with Gasteiger partial charge in [-0.2, -0.15) is 16.8 Å². The zero-order valence-electron chi connectivity index (χ0n) is 30.9. The number of rotatable bonds is 19. The average Bonchev–Trinajstić information content (AvgIpc) is 3.25. The van der Waals surface area contributed by atoms with Crippen molar-refractivity contribution in [3.8, 4) is 11.5 Å². The zero-order valence-corrected chi connectivity index (χ0v) is 32.5. The van der Waals surface area contributed by atoms with Gasteiger partial charge in [-0.05, 0) is 59.7 Å². The fourth-order valence-corrected chi connectivity index (χ4v) is 6.42. The molecule has 0 radical (unpaired) electrons. The van der Waals surface area contributed by atoms with Gasteiger partial charge in [0.25, 0.3) is 20.2 Å². The molecule has 12 heteroatoms. The van der Waals surface area contributed by atoms with Crippen LogP contribution in [0.3, 0.4) is 0 Å². The van der Waals surface area contributed by atoms with E-state index in [0.717, 1.165) is 11.5 Å². The Morgan fingerprint density at radius 3 is 0.930 bits per heavy atom. The fourth-order valence-electron chi connectivity index (χ4n) is 4.60. The first-order valence-corrected chi connectivity index (χ1v) is 20.6. The molecule has 0 aliphatic carbocycles. The van der Waals surface area contributed by atoms with Crippen molar-refractivity contribution < 1.29 is 44.1 Å². The minimum atomic E-state index is -3.92. The average molecular weight is 815 g/mol. The summed E-state index contributed by atoms with van der Waals surface area (Å²) < 4.78 is 78.7.